The molecule has 2 aliphatic heterocycles. The molecule has 0 radical (unpaired) electrons. The van der Waals surface area contributed by atoms with Crippen LogP contribution in [0.3, 0.4) is 0 Å². The van der Waals surface area contributed by atoms with Crippen LogP contribution < -0.4 is 0 Å². The van der Waals surface area contributed by atoms with Crippen molar-refractivity contribution in [2.75, 3.05) is 52.4 Å². The number of piperazine rings is 2. The Morgan fingerprint density at radius 2 is 0.918 bits per heavy atom. The molecule has 0 unspecified atom stereocenters. The lowest BCUT2D eigenvalue weighted by Gasteiger charge is -2.33. The molecule has 2 heterocycles. The molecule has 4 aromatic rings. The number of hydrogen-bond acceptors (Lipinski definition) is 11. The Balaban J connectivity index is 1.45. The van der Waals surface area contributed by atoms with Crippen molar-refractivity contribution in [1.29, 1.82) is 0 Å². The van der Waals surface area contributed by atoms with Gasteiger partial charge in [0.15, 0.2) is 0 Å². The zero-order chi connectivity index (χ0) is 43.8. The molecule has 0 atom stereocenters. The SMILES string of the molecule is CC(=O)N1CCN(C(=O)C=Cc2ccc(Sc3ccc(C=CC(=O)N4CCN(C(C)=O)CC4)c(-c4ccccc4CO)c3[N+](=O)[O-])c([N+](=O)[O-])c2-c2ccccc2CO)CC1. The van der Waals surface area contributed by atoms with E-state index in [4.69, 9.17) is 0 Å². The molecule has 2 fully saturated rings. The zero-order valence-corrected chi connectivity index (χ0v) is 34.4. The largest absolute Gasteiger partial charge is 0.392 e. The van der Waals surface area contributed by atoms with Gasteiger partial charge in [-0.15, -0.1) is 0 Å². The first-order valence-electron chi connectivity index (χ1n) is 19.5. The van der Waals surface area contributed by atoms with Crippen LogP contribution in [0.2, 0.25) is 0 Å². The summed E-state index contributed by atoms with van der Waals surface area (Å²) in [5.41, 5.74) is 1.29. The molecule has 316 valence electrons. The highest BCUT2D eigenvalue weighted by molar-refractivity contribution is 7.99. The number of aliphatic hydroxyl groups is 2. The molecule has 2 N–H and O–H groups in total. The van der Waals surface area contributed by atoms with E-state index in [0.29, 0.717) is 74.6 Å². The van der Waals surface area contributed by atoms with Crippen molar-refractivity contribution in [3.05, 3.63) is 127 Å². The highest BCUT2D eigenvalue weighted by Crippen LogP contribution is 2.49. The van der Waals surface area contributed by atoms with E-state index >= 15 is 0 Å². The Labute approximate surface area is 355 Å². The van der Waals surface area contributed by atoms with Crippen molar-refractivity contribution in [3.63, 3.8) is 0 Å². The van der Waals surface area contributed by atoms with Gasteiger partial charge in [-0.2, -0.15) is 0 Å². The molecule has 0 aliphatic carbocycles. The fourth-order valence-electron chi connectivity index (χ4n) is 7.49. The fraction of sp³-hybridized carbons (Fsp3) is 0.273. The second kappa shape index (κ2) is 19.6. The third kappa shape index (κ3) is 9.86. The average molecular weight is 849 g/mol. The molecule has 0 bridgehead atoms. The molecule has 4 aromatic carbocycles. The Hall–Kier alpha value is -6.69. The summed E-state index contributed by atoms with van der Waals surface area (Å²) in [6.45, 7) is 4.75. The Morgan fingerprint density at radius 3 is 1.25 bits per heavy atom. The number of nitrogens with zero attached hydrogens (tertiary/aromatic N) is 6. The molecule has 17 heteroatoms. The van der Waals surface area contributed by atoms with Crippen molar-refractivity contribution < 1.29 is 39.2 Å². The Bertz CT molecular complexity index is 2270. The average Bonchev–Trinajstić information content (AvgIpc) is 3.27. The van der Waals surface area contributed by atoms with Crippen LogP contribution in [0.15, 0.2) is 94.7 Å². The van der Waals surface area contributed by atoms with Crippen LogP contribution in [-0.2, 0) is 32.4 Å². The zero-order valence-electron chi connectivity index (χ0n) is 33.6. The Kier molecular flexibility index (Phi) is 14.1. The van der Waals surface area contributed by atoms with Crippen molar-refractivity contribution in [1.82, 2.24) is 19.6 Å². The maximum Gasteiger partial charge on any atom is 0.291 e. The molecule has 6 rings (SSSR count). The van der Waals surface area contributed by atoms with Crippen LogP contribution in [0.5, 0.6) is 0 Å². The maximum atomic E-state index is 13.3. The summed E-state index contributed by atoms with van der Waals surface area (Å²) >= 11 is 0.787. The second-order valence-electron chi connectivity index (χ2n) is 14.3. The van der Waals surface area contributed by atoms with Gasteiger partial charge in [-0.1, -0.05) is 72.4 Å². The summed E-state index contributed by atoms with van der Waals surface area (Å²) in [4.78, 5) is 81.9. The summed E-state index contributed by atoms with van der Waals surface area (Å²) in [5.74, 6) is -0.893. The fourth-order valence-corrected chi connectivity index (χ4v) is 8.54. The maximum absolute atomic E-state index is 13.3. The number of carbonyl (C=O) groups is 4. The van der Waals surface area contributed by atoms with E-state index < -0.39 is 34.4 Å². The van der Waals surface area contributed by atoms with Gasteiger partial charge in [-0.05, 0) is 57.7 Å². The van der Waals surface area contributed by atoms with Gasteiger partial charge < -0.3 is 29.8 Å². The number of nitro groups is 2. The van der Waals surface area contributed by atoms with Gasteiger partial charge in [0.05, 0.1) is 44.0 Å². The number of nitro benzene ring substituents is 2. The van der Waals surface area contributed by atoms with E-state index in [1.165, 1.54) is 50.3 Å². The quantitative estimate of drug-likeness (QED) is 0.105. The van der Waals surface area contributed by atoms with E-state index in [2.05, 4.69) is 0 Å². The predicted octanol–water partition coefficient (Wildman–Crippen LogP) is 5.38. The number of rotatable bonds is 12. The molecule has 16 nitrogen and oxygen atoms in total. The summed E-state index contributed by atoms with van der Waals surface area (Å²) in [6.07, 6.45) is 5.53. The van der Waals surface area contributed by atoms with Crippen LogP contribution in [-0.4, -0.2) is 116 Å². The summed E-state index contributed by atoms with van der Waals surface area (Å²) in [7, 11) is 0. The third-order valence-corrected chi connectivity index (χ3v) is 11.8. The molecule has 0 aromatic heterocycles. The lowest BCUT2D eigenvalue weighted by atomic mass is 9.93. The van der Waals surface area contributed by atoms with E-state index in [-0.39, 0.29) is 55.7 Å². The van der Waals surface area contributed by atoms with E-state index in [0.717, 1.165) is 11.8 Å². The molecule has 2 saturated heterocycles. The van der Waals surface area contributed by atoms with Gasteiger partial charge in [-0.25, -0.2) is 0 Å². The first kappa shape index (κ1) is 43.9. The minimum atomic E-state index is -0.598. The normalized spacial score (nSPS) is 14.5. The summed E-state index contributed by atoms with van der Waals surface area (Å²) in [6, 6.07) is 19.2. The number of amides is 4. The van der Waals surface area contributed by atoms with Crippen LogP contribution in [0.4, 0.5) is 11.4 Å². The van der Waals surface area contributed by atoms with Gasteiger partial charge in [0.2, 0.25) is 23.6 Å². The number of aliphatic hydroxyl groups excluding tert-OH is 2. The van der Waals surface area contributed by atoms with Crippen molar-refractivity contribution in [2.45, 2.75) is 36.9 Å². The summed E-state index contributed by atoms with van der Waals surface area (Å²) < 4.78 is 0. The number of benzene rings is 4. The van der Waals surface area contributed by atoms with Gasteiger partial charge in [0.25, 0.3) is 11.4 Å². The topological polar surface area (TPSA) is 208 Å². The molecule has 4 amide bonds. The molecule has 61 heavy (non-hydrogen) atoms. The monoisotopic (exact) mass is 848 g/mol. The third-order valence-electron chi connectivity index (χ3n) is 10.7. The minimum Gasteiger partial charge on any atom is -0.392 e. The molecular weight excluding hydrogens is 805 g/mol. The van der Waals surface area contributed by atoms with Crippen molar-refractivity contribution in [3.8, 4) is 22.3 Å². The smallest absolute Gasteiger partial charge is 0.291 e. The molecule has 2 aliphatic rings. The second-order valence-corrected chi connectivity index (χ2v) is 15.4. The highest BCUT2D eigenvalue weighted by Gasteiger charge is 2.31. The minimum absolute atomic E-state index is 0.0317. The van der Waals surface area contributed by atoms with E-state index in [1.807, 2.05) is 0 Å². The van der Waals surface area contributed by atoms with Gasteiger partial charge in [0.1, 0.15) is 0 Å². The molecule has 0 spiro atoms. The van der Waals surface area contributed by atoms with Gasteiger partial charge in [0, 0.05) is 78.4 Å². The number of hydrogen-bond donors (Lipinski definition) is 2. The van der Waals surface area contributed by atoms with Crippen LogP contribution >= 0.6 is 11.8 Å². The van der Waals surface area contributed by atoms with Crippen molar-refractivity contribution in [2.24, 2.45) is 0 Å². The first-order valence-corrected chi connectivity index (χ1v) is 20.3. The van der Waals surface area contributed by atoms with Crippen LogP contribution in [0.25, 0.3) is 34.4 Å². The van der Waals surface area contributed by atoms with E-state index in [9.17, 15) is 49.6 Å². The molecular formula is C44H44N6O10S. The summed E-state index contributed by atoms with van der Waals surface area (Å²) in [5, 5.41) is 47.0. The van der Waals surface area contributed by atoms with Crippen molar-refractivity contribution >= 4 is 58.9 Å². The lowest BCUT2D eigenvalue weighted by Crippen LogP contribution is -2.49. The Morgan fingerprint density at radius 1 is 0.574 bits per heavy atom. The van der Waals surface area contributed by atoms with Gasteiger partial charge >= 0.3 is 0 Å². The van der Waals surface area contributed by atoms with Gasteiger partial charge in [-0.3, -0.25) is 39.4 Å². The van der Waals surface area contributed by atoms with Crippen LogP contribution in [0.1, 0.15) is 36.1 Å². The lowest BCUT2D eigenvalue weighted by molar-refractivity contribution is -0.387. The highest BCUT2D eigenvalue weighted by atomic mass is 32.2. The number of carbonyl (C=O) groups excluding carboxylic acids is 4. The van der Waals surface area contributed by atoms with E-state index in [1.54, 1.807) is 80.3 Å². The predicted molar refractivity (Wildman–Crippen MR) is 229 cm³/mol. The molecule has 0 saturated carbocycles. The first-order chi connectivity index (χ1) is 29.3. The standard InChI is InChI=1S/C44H44N6O10S/c1-29(53)45-19-23-47(24-20-45)39(55)17-13-31-11-15-37(43(49(57)58)41(31)35-9-5-3-7-33(35)27-51)61-38-16-12-32(14-18-40(56)48-25-21-46(22-26-48)30(2)54)42(44(38)50(59)60)36-10-6-4-8-34(36)28-52/h3-18,51-52H,19-28H2,1-2H3. The van der Waals surface area contributed by atoms with Crippen LogP contribution in [0, 0.1) is 20.2 Å².